The van der Waals surface area contributed by atoms with Gasteiger partial charge in [0.25, 0.3) is 0 Å². The zero-order chi connectivity index (χ0) is 8.81. The van der Waals surface area contributed by atoms with E-state index in [4.69, 9.17) is 0 Å². The minimum Gasteiger partial charge on any atom is -0.306 e. The number of hydrogen-bond donors (Lipinski definition) is 0. The molecule has 1 atom stereocenters. The molecule has 0 bridgehead atoms. The van der Waals surface area contributed by atoms with E-state index in [0.29, 0.717) is 0 Å². The van der Waals surface area contributed by atoms with Gasteiger partial charge in [-0.25, -0.2) is 5.11 Å². The van der Waals surface area contributed by atoms with E-state index in [1.807, 2.05) is 0 Å². The minimum atomic E-state index is 0.114. The van der Waals surface area contributed by atoms with E-state index in [0.717, 1.165) is 18.8 Å². The molecular weight excluding hydrogens is 150 g/mol. The molecule has 0 aromatic carbocycles. The Bertz CT molecular complexity index is 116. The van der Waals surface area contributed by atoms with Crippen molar-refractivity contribution < 1.29 is 5.11 Å². The highest BCUT2D eigenvalue weighted by Gasteiger charge is 2.15. The molecule has 1 rings (SSSR count). The van der Waals surface area contributed by atoms with Crippen molar-refractivity contribution in [2.24, 2.45) is 5.92 Å². The fourth-order valence-electron chi connectivity index (χ4n) is 2.04. The Hall–Kier alpha value is -0.0800. The number of rotatable bonds is 4. The third kappa shape index (κ3) is 3.55. The zero-order valence-corrected chi connectivity index (χ0v) is 8.09. The topological polar surface area (TPSA) is 23.1 Å². The summed E-state index contributed by atoms with van der Waals surface area (Å²) in [4.78, 5) is 2.41. The van der Waals surface area contributed by atoms with Crippen LogP contribution in [0.15, 0.2) is 0 Å². The SMILES string of the molecule is CN1CCCC(CCCC[O])C1. The van der Waals surface area contributed by atoms with Gasteiger partial charge in [-0.1, -0.05) is 6.42 Å². The molecule has 0 aromatic heterocycles. The van der Waals surface area contributed by atoms with Gasteiger partial charge in [0.15, 0.2) is 0 Å². The number of likely N-dealkylation sites (tertiary alicyclic amines) is 1. The Morgan fingerprint density at radius 1 is 1.42 bits per heavy atom. The van der Waals surface area contributed by atoms with Crippen LogP contribution in [0.4, 0.5) is 0 Å². The average Bonchev–Trinajstić information content (AvgIpc) is 2.05. The highest BCUT2D eigenvalue weighted by Crippen LogP contribution is 2.20. The van der Waals surface area contributed by atoms with Crippen LogP contribution in [-0.2, 0) is 5.11 Å². The second-order valence-corrected chi connectivity index (χ2v) is 3.97. The first-order chi connectivity index (χ1) is 5.83. The number of piperidine rings is 1. The van der Waals surface area contributed by atoms with Crippen LogP contribution in [0.25, 0.3) is 0 Å². The van der Waals surface area contributed by atoms with E-state index in [-0.39, 0.29) is 6.61 Å². The van der Waals surface area contributed by atoms with E-state index in [9.17, 15) is 5.11 Å². The lowest BCUT2D eigenvalue weighted by Crippen LogP contribution is -2.31. The van der Waals surface area contributed by atoms with Gasteiger partial charge in [-0.3, -0.25) is 0 Å². The molecule has 0 amide bonds. The second-order valence-electron chi connectivity index (χ2n) is 3.97. The predicted octanol–water partition coefficient (Wildman–Crippen LogP) is 1.93. The van der Waals surface area contributed by atoms with E-state index >= 15 is 0 Å². The van der Waals surface area contributed by atoms with Gasteiger partial charge < -0.3 is 4.90 Å². The molecule has 0 saturated carbocycles. The molecule has 1 saturated heterocycles. The van der Waals surface area contributed by atoms with Gasteiger partial charge in [-0.15, -0.1) is 0 Å². The van der Waals surface area contributed by atoms with Crippen molar-refractivity contribution in [3.8, 4) is 0 Å². The van der Waals surface area contributed by atoms with Gasteiger partial charge in [-0.05, 0) is 45.2 Å². The van der Waals surface area contributed by atoms with Crippen LogP contribution in [0, 0.1) is 5.92 Å². The largest absolute Gasteiger partial charge is 0.306 e. The first kappa shape index (κ1) is 10.0. The molecule has 2 nitrogen and oxygen atoms in total. The molecule has 1 radical (unpaired) electrons. The normalized spacial score (nSPS) is 26.0. The molecule has 71 valence electrons. The van der Waals surface area contributed by atoms with Gasteiger partial charge in [0, 0.05) is 6.54 Å². The van der Waals surface area contributed by atoms with Gasteiger partial charge in [0.2, 0.25) is 0 Å². The Balaban J connectivity index is 2.06. The zero-order valence-electron chi connectivity index (χ0n) is 8.09. The summed E-state index contributed by atoms with van der Waals surface area (Å²) in [6.07, 6.45) is 6.01. The molecule has 1 unspecified atom stereocenters. The fourth-order valence-corrected chi connectivity index (χ4v) is 2.04. The smallest absolute Gasteiger partial charge is 0.0822 e. The maximum absolute atomic E-state index is 10.2. The van der Waals surface area contributed by atoms with Crippen LogP contribution in [0.1, 0.15) is 32.1 Å². The monoisotopic (exact) mass is 170 g/mol. The van der Waals surface area contributed by atoms with Gasteiger partial charge in [-0.2, -0.15) is 0 Å². The molecular formula is C10H20NO. The van der Waals surface area contributed by atoms with Crippen molar-refractivity contribution >= 4 is 0 Å². The van der Waals surface area contributed by atoms with Crippen molar-refractivity contribution in [1.29, 1.82) is 0 Å². The molecule has 12 heavy (non-hydrogen) atoms. The van der Waals surface area contributed by atoms with E-state index in [2.05, 4.69) is 11.9 Å². The predicted molar refractivity (Wildman–Crippen MR) is 49.6 cm³/mol. The van der Waals surface area contributed by atoms with E-state index < -0.39 is 0 Å². The van der Waals surface area contributed by atoms with Crippen molar-refractivity contribution in [2.75, 3.05) is 26.7 Å². The van der Waals surface area contributed by atoms with Gasteiger partial charge >= 0.3 is 0 Å². The van der Waals surface area contributed by atoms with E-state index in [1.165, 1.54) is 32.4 Å². The highest BCUT2D eigenvalue weighted by atomic mass is 16.2. The fraction of sp³-hybridized carbons (Fsp3) is 1.00. The number of unbranched alkanes of at least 4 members (excludes halogenated alkanes) is 1. The highest BCUT2D eigenvalue weighted by molar-refractivity contribution is 4.70. The van der Waals surface area contributed by atoms with Gasteiger partial charge in [0.05, 0.1) is 6.61 Å². The van der Waals surface area contributed by atoms with Crippen molar-refractivity contribution in [3.63, 3.8) is 0 Å². The molecule has 0 spiro atoms. The molecule has 1 heterocycles. The summed E-state index contributed by atoms with van der Waals surface area (Å²) in [5, 5.41) is 10.2. The van der Waals surface area contributed by atoms with Gasteiger partial charge in [0.1, 0.15) is 0 Å². The van der Waals surface area contributed by atoms with Crippen molar-refractivity contribution in [3.05, 3.63) is 0 Å². The number of hydrogen-bond acceptors (Lipinski definition) is 1. The molecule has 0 N–H and O–H groups in total. The van der Waals surface area contributed by atoms with Crippen molar-refractivity contribution in [2.45, 2.75) is 32.1 Å². The van der Waals surface area contributed by atoms with Crippen molar-refractivity contribution in [1.82, 2.24) is 4.90 Å². The molecule has 1 aliphatic rings. The van der Waals surface area contributed by atoms with Crippen LogP contribution in [0.5, 0.6) is 0 Å². The molecule has 2 heteroatoms. The lowest BCUT2D eigenvalue weighted by Gasteiger charge is -2.29. The third-order valence-corrected chi connectivity index (χ3v) is 2.73. The Morgan fingerprint density at radius 2 is 2.25 bits per heavy atom. The Morgan fingerprint density at radius 3 is 2.92 bits per heavy atom. The van der Waals surface area contributed by atoms with Crippen LogP contribution in [-0.4, -0.2) is 31.6 Å². The summed E-state index contributed by atoms with van der Waals surface area (Å²) < 4.78 is 0. The standard InChI is InChI=1S/C10H20NO/c1-11-7-4-6-10(9-11)5-2-3-8-12/h10H,2-9H2,1H3. The quantitative estimate of drug-likeness (QED) is 0.591. The minimum absolute atomic E-state index is 0.114. The summed E-state index contributed by atoms with van der Waals surface area (Å²) in [6, 6.07) is 0. The lowest BCUT2D eigenvalue weighted by atomic mass is 9.93. The molecule has 0 aromatic rings. The molecule has 1 aliphatic heterocycles. The summed E-state index contributed by atoms with van der Waals surface area (Å²) in [5.41, 5.74) is 0. The summed E-state index contributed by atoms with van der Waals surface area (Å²) in [6.45, 7) is 2.62. The van der Waals surface area contributed by atoms with Crippen LogP contribution < -0.4 is 0 Å². The Kier molecular flexibility index (Phi) is 4.62. The maximum atomic E-state index is 10.2. The van der Waals surface area contributed by atoms with Crippen LogP contribution in [0.2, 0.25) is 0 Å². The molecule has 1 fully saturated rings. The van der Waals surface area contributed by atoms with E-state index in [1.54, 1.807) is 0 Å². The molecule has 0 aliphatic carbocycles. The first-order valence-electron chi connectivity index (χ1n) is 5.09. The Labute approximate surface area is 75.6 Å². The summed E-state index contributed by atoms with van der Waals surface area (Å²) in [7, 11) is 2.19. The summed E-state index contributed by atoms with van der Waals surface area (Å²) >= 11 is 0. The average molecular weight is 170 g/mol. The van der Waals surface area contributed by atoms with Crippen LogP contribution >= 0.6 is 0 Å². The second kappa shape index (κ2) is 5.55. The third-order valence-electron chi connectivity index (χ3n) is 2.73. The summed E-state index contributed by atoms with van der Waals surface area (Å²) in [5.74, 6) is 0.871. The number of nitrogens with zero attached hydrogens (tertiary/aromatic N) is 1. The lowest BCUT2D eigenvalue weighted by molar-refractivity contribution is 0.171. The maximum Gasteiger partial charge on any atom is 0.0822 e. The first-order valence-corrected chi connectivity index (χ1v) is 5.09. The van der Waals surface area contributed by atoms with Crippen LogP contribution in [0.3, 0.4) is 0 Å².